The van der Waals surface area contributed by atoms with Crippen LogP contribution >= 0.6 is 0 Å². The van der Waals surface area contributed by atoms with E-state index in [-0.39, 0.29) is 18.4 Å². The Bertz CT molecular complexity index is 781. The standard InChI is InChI=1S/C24H35N3O4/c1-26(19-6-4-5-7-19)20-12-14-27(15-13-20)24(29)17-25-23(28)11-9-18-8-10-21(30-2)22(16-18)31-3/h8-11,16,19-20H,4-7,12-15,17H2,1-3H3,(H,25,28)/b11-9+. The zero-order valence-corrected chi connectivity index (χ0v) is 18.9. The number of benzene rings is 1. The van der Waals surface area contributed by atoms with Gasteiger partial charge in [0.2, 0.25) is 11.8 Å². The smallest absolute Gasteiger partial charge is 0.244 e. The Balaban J connectivity index is 1.41. The molecule has 3 rings (SSSR count). The van der Waals surface area contributed by atoms with Crippen LogP contribution in [-0.4, -0.2) is 74.6 Å². The molecule has 2 amide bonds. The van der Waals surface area contributed by atoms with E-state index in [9.17, 15) is 9.59 Å². The zero-order valence-electron chi connectivity index (χ0n) is 18.9. The summed E-state index contributed by atoms with van der Waals surface area (Å²) in [4.78, 5) is 29.1. The van der Waals surface area contributed by atoms with Gasteiger partial charge in [-0.1, -0.05) is 18.9 Å². The van der Waals surface area contributed by atoms with Crippen LogP contribution in [0.4, 0.5) is 0 Å². The lowest BCUT2D eigenvalue weighted by atomic mass is 10.0. The van der Waals surface area contributed by atoms with Crippen LogP contribution in [0.2, 0.25) is 0 Å². The van der Waals surface area contributed by atoms with Crippen LogP contribution in [0, 0.1) is 0 Å². The minimum Gasteiger partial charge on any atom is -0.493 e. The second kappa shape index (κ2) is 11.2. The van der Waals surface area contributed by atoms with Crippen molar-refractivity contribution in [2.75, 3.05) is 40.9 Å². The van der Waals surface area contributed by atoms with Crippen molar-refractivity contribution in [3.8, 4) is 11.5 Å². The van der Waals surface area contributed by atoms with E-state index in [1.807, 2.05) is 11.0 Å². The van der Waals surface area contributed by atoms with Crippen LogP contribution in [0.15, 0.2) is 24.3 Å². The number of rotatable bonds is 8. The van der Waals surface area contributed by atoms with Gasteiger partial charge in [0.1, 0.15) is 0 Å². The Morgan fingerprint density at radius 1 is 1.06 bits per heavy atom. The van der Waals surface area contributed by atoms with Crippen LogP contribution in [0.25, 0.3) is 6.08 Å². The van der Waals surface area contributed by atoms with Crippen molar-refractivity contribution in [2.24, 2.45) is 0 Å². The summed E-state index contributed by atoms with van der Waals surface area (Å²) in [5, 5.41) is 2.70. The second-order valence-electron chi connectivity index (χ2n) is 8.38. The summed E-state index contributed by atoms with van der Waals surface area (Å²) in [6, 6.07) is 6.69. The molecule has 2 aliphatic rings. The highest BCUT2D eigenvalue weighted by Gasteiger charge is 2.29. The number of likely N-dealkylation sites (tertiary alicyclic amines) is 1. The summed E-state index contributed by atoms with van der Waals surface area (Å²) < 4.78 is 10.5. The third-order valence-electron chi connectivity index (χ3n) is 6.54. The summed E-state index contributed by atoms with van der Waals surface area (Å²) in [6.07, 6.45) is 10.4. The molecular weight excluding hydrogens is 394 g/mol. The van der Waals surface area contributed by atoms with E-state index < -0.39 is 0 Å². The third kappa shape index (κ3) is 6.23. The van der Waals surface area contributed by atoms with Gasteiger partial charge in [-0.25, -0.2) is 0 Å². The monoisotopic (exact) mass is 429 g/mol. The SMILES string of the molecule is COc1ccc(/C=C/C(=O)NCC(=O)N2CCC(N(C)C3CCCC3)CC2)cc1OC. The minimum atomic E-state index is -0.293. The number of hydrogen-bond acceptors (Lipinski definition) is 5. The van der Waals surface area contributed by atoms with E-state index in [4.69, 9.17) is 9.47 Å². The van der Waals surface area contributed by atoms with Crippen molar-refractivity contribution >= 4 is 17.9 Å². The molecule has 170 valence electrons. The van der Waals surface area contributed by atoms with Gasteiger partial charge >= 0.3 is 0 Å². The molecule has 0 unspecified atom stereocenters. The molecule has 1 aromatic rings. The maximum absolute atomic E-state index is 12.5. The van der Waals surface area contributed by atoms with Gasteiger partial charge in [-0.15, -0.1) is 0 Å². The van der Waals surface area contributed by atoms with E-state index in [0.717, 1.165) is 31.5 Å². The van der Waals surface area contributed by atoms with Gasteiger partial charge in [0.25, 0.3) is 0 Å². The molecule has 1 saturated carbocycles. The molecule has 7 heteroatoms. The summed E-state index contributed by atoms with van der Waals surface area (Å²) in [6.45, 7) is 1.55. The van der Waals surface area contributed by atoms with E-state index in [1.165, 1.54) is 31.8 Å². The first-order valence-electron chi connectivity index (χ1n) is 11.2. The van der Waals surface area contributed by atoms with Gasteiger partial charge in [0.15, 0.2) is 11.5 Å². The highest BCUT2D eigenvalue weighted by Crippen LogP contribution is 2.28. The number of methoxy groups -OCH3 is 2. The van der Waals surface area contributed by atoms with Gasteiger partial charge in [0, 0.05) is 31.2 Å². The first kappa shape index (κ1) is 23.1. The molecule has 0 spiro atoms. The Hall–Kier alpha value is -2.54. The van der Waals surface area contributed by atoms with Crippen molar-refractivity contribution in [1.29, 1.82) is 0 Å². The van der Waals surface area contributed by atoms with E-state index >= 15 is 0 Å². The number of nitrogens with one attached hydrogen (secondary N) is 1. The average Bonchev–Trinajstić information content (AvgIpc) is 3.35. The van der Waals surface area contributed by atoms with Crippen LogP contribution in [0.1, 0.15) is 44.1 Å². The molecule has 1 N–H and O–H groups in total. The fraction of sp³-hybridized carbons (Fsp3) is 0.583. The minimum absolute atomic E-state index is 0.0187. The van der Waals surface area contributed by atoms with Crippen molar-refractivity contribution in [2.45, 2.75) is 50.6 Å². The zero-order chi connectivity index (χ0) is 22.2. The molecule has 0 atom stereocenters. The largest absolute Gasteiger partial charge is 0.493 e. The first-order chi connectivity index (χ1) is 15.0. The van der Waals surface area contributed by atoms with Crippen molar-refractivity contribution in [3.63, 3.8) is 0 Å². The highest BCUT2D eigenvalue weighted by molar-refractivity contribution is 5.94. The number of amides is 2. The molecular formula is C24H35N3O4. The van der Waals surface area contributed by atoms with Crippen LogP contribution in [0.5, 0.6) is 11.5 Å². The quantitative estimate of drug-likeness (QED) is 0.644. The number of hydrogen-bond donors (Lipinski definition) is 1. The van der Waals surface area contributed by atoms with Crippen LogP contribution in [0.3, 0.4) is 0 Å². The number of carbonyl (C=O) groups is 2. The van der Waals surface area contributed by atoms with Crippen molar-refractivity contribution in [3.05, 3.63) is 29.8 Å². The molecule has 0 bridgehead atoms. The third-order valence-corrected chi connectivity index (χ3v) is 6.54. The molecule has 1 aliphatic carbocycles. The van der Waals surface area contributed by atoms with Gasteiger partial charge < -0.3 is 24.6 Å². The lowest BCUT2D eigenvalue weighted by Gasteiger charge is -2.39. The van der Waals surface area contributed by atoms with Gasteiger partial charge in [-0.2, -0.15) is 0 Å². The lowest BCUT2D eigenvalue weighted by molar-refractivity contribution is -0.133. The molecule has 1 aromatic carbocycles. The number of ether oxygens (including phenoxy) is 2. The Morgan fingerprint density at radius 2 is 1.71 bits per heavy atom. The van der Waals surface area contributed by atoms with Gasteiger partial charge in [-0.05, 0) is 56.5 Å². The molecule has 1 saturated heterocycles. The number of piperidine rings is 1. The number of carbonyl (C=O) groups excluding carboxylic acids is 2. The average molecular weight is 430 g/mol. The summed E-state index contributed by atoms with van der Waals surface area (Å²) >= 11 is 0. The summed E-state index contributed by atoms with van der Waals surface area (Å²) in [5.74, 6) is 0.920. The summed E-state index contributed by atoms with van der Waals surface area (Å²) in [7, 11) is 5.39. The Labute approximate surface area is 185 Å². The van der Waals surface area contributed by atoms with Gasteiger partial charge in [0.05, 0.1) is 20.8 Å². The Kier molecular flexibility index (Phi) is 8.35. The van der Waals surface area contributed by atoms with E-state index in [1.54, 1.807) is 32.4 Å². The maximum atomic E-state index is 12.5. The molecule has 7 nitrogen and oxygen atoms in total. The summed E-state index contributed by atoms with van der Waals surface area (Å²) in [5.41, 5.74) is 0.813. The van der Waals surface area contributed by atoms with Crippen molar-refractivity contribution in [1.82, 2.24) is 15.1 Å². The molecule has 31 heavy (non-hydrogen) atoms. The maximum Gasteiger partial charge on any atom is 0.244 e. The van der Waals surface area contributed by atoms with Crippen LogP contribution < -0.4 is 14.8 Å². The van der Waals surface area contributed by atoms with Gasteiger partial charge in [-0.3, -0.25) is 9.59 Å². The first-order valence-corrected chi connectivity index (χ1v) is 11.2. The fourth-order valence-corrected chi connectivity index (χ4v) is 4.59. The lowest BCUT2D eigenvalue weighted by Crippen LogP contribution is -2.49. The van der Waals surface area contributed by atoms with Crippen LogP contribution in [-0.2, 0) is 9.59 Å². The predicted octanol–water partition coefficient (Wildman–Crippen LogP) is 2.70. The molecule has 0 radical (unpaired) electrons. The highest BCUT2D eigenvalue weighted by atomic mass is 16.5. The normalized spacial score (nSPS) is 18.0. The fourth-order valence-electron chi connectivity index (χ4n) is 4.59. The molecule has 1 aliphatic heterocycles. The molecule has 0 aromatic heterocycles. The van der Waals surface area contributed by atoms with E-state index in [2.05, 4.69) is 17.3 Å². The molecule has 2 fully saturated rings. The topological polar surface area (TPSA) is 71.1 Å². The predicted molar refractivity (Wildman–Crippen MR) is 121 cm³/mol. The Morgan fingerprint density at radius 3 is 2.35 bits per heavy atom. The van der Waals surface area contributed by atoms with Crippen molar-refractivity contribution < 1.29 is 19.1 Å². The van der Waals surface area contributed by atoms with E-state index in [0.29, 0.717) is 23.6 Å². The molecule has 1 heterocycles. The number of nitrogens with zero attached hydrogens (tertiary/aromatic N) is 2. The second-order valence-corrected chi connectivity index (χ2v) is 8.38.